The summed E-state index contributed by atoms with van der Waals surface area (Å²) in [4.78, 5) is 23.1. The Balaban J connectivity index is 2.08. The van der Waals surface area contributed by atoms with Gasteiger partial charge in [-0.25, -0.2) is 13.2 Å². The third kappa shape index (κ3) is 5.82. The highest BCUT2D eigenvalue weighted by molar-refractivity contribution is 7.90. The number of carboxylic acid groups (broad SMARTS) is 1. The average molecular weight is 391 g/mol. The van der Waals surface area contributed by atoms with Crippen molar-refractivity contribution >= 4 is 27.4 Å². The summed E-state index contributed by atoms with van der Waals surface area (Å²) in [6, 6.07) is 10.8. The molecule has 2 N–H and O–H groups in total. The number of hydrogen-bond acceptors (Lipinski definition) is 5. The number of aromatic carboxylic acids is 1. The lowest BCUT2D eigenvalue weighted by Crippen LogP contribution is -2.20. The number of nitrogens with one attached hydrogen (secondary N) is 1. The predicted molar refractivity (Wildman–Crippen MR) is 101 cm³/mol. The first-order valence-electron chi connectivity index (χ1n) is 8.17. The molecule has 2 rings (SSSR count). The zero-order chi connectivity index (χ0) is 20.2. The second kappa shape index (κ2) is 8.22. The van der Waals surface area contributed by atoms with Crippen molar-refractivity contribution in [3.05, 3.63) is 53.6 Å². The van der Waals surface area contributed by atoms with E-state index in [1.807, 2.05) is 12.1 Å². The summed E-state index contributed by atoms with van der Waals surface area (Å²) >= 11 is 0. The summed E-state index contributed by atoms with van der Waals surface area (Å²) in [5.41, 5.74) is 0.975. The van der Waals surface area contributed by atoms with Crippen LogP contribution in [0.5, 0.6) is 5.75 Å². The number of ether oxygens (including phenoxy) is 1. The van der Waals surface area contributed by atoms with E-state index in [0.29, 0.717) is 11.7 Å². The van der Waals surface area contributed by atoms with Crippen LogP contribution in [0.4, 0.5) is 5.69 Å². The maximum Gasteiger partial charge on any atom is 0.335 e. The van der Waals surface area contributed by atoms with E-state index in [1.54, 1.807) is 12.1 Å². The number of sulfone groups is 1. The van der Waals surface area contributed by atoms with Crippen LogP contribution in [0.1, 0.15) is 35.7 Å². The second-order valence-electron chi connectivity index (χ2n) is 6.38. The fraction of sp³-hybridized carbons (Fsp3) is 0.263. The Morgan fingerprint density at radius 1 is 1.11 bits per heavy atom. The van der Waals surface area contributed by atoms with Gasteiger partial charge in [0.2, 0.25) is 0 Å². The van der Waals surface area contributed by atoms with E-state index in [4.69, 9.17) is 9.84 Å². The van der Waals surface area contributed by atoms with Crippen LogP contribution in [0.25, 0.3) is 0 Å². The van der Waals surface area contributed by atoms with E-state index < -0.39 is 21.7 Å². The van der Waals surface area contributed by atoms with Gasteiger partial charge in [-0.15, -0.1) is 0 Å². The van der Waals surface area contributed by atoms with Gasteiger partial charge in [-0.3, -0.25) is 4.79 Å². The quantitative estimate of drug-likeness (QED) is 0.751. The van der Waals surface area contributed by atoms with Crippen LogP contribution in [0.15, 0.2) is 47.4 Å². The van der Waals surface area contributed by atoms with Gasteiger partial charge in [-0.05, 0) is 41.8 Å². The number of anilines is 1. The standard InChI is InChI=1S/C19H21NO6S/c1-12(2)13-4-6-16(7-5-13)26-11-18(21)20-15-8-14(19(22)23)9-17(10-15)27(3,24)25/h4-10,12H,11H2,1-3H3,(H,20,21)(H,22,23). The number of hydrogen-bond donors (Lipinski definition) is 2. The van der Waals surface area contributed by atoms with Gasteiger partial charge in [0, 0.05) is 11.9 Å². The topological polar surface area (TPSA) is 110 Å². The molecule has 0 spiro atoms. The van der Waals surface area contributed by atoms with Gasteiger partial charge in [0.25, 0.3) is 5.91 Å². The molecule has 0 saturated carbocycles. The third-order valence-electron chi connectivity index (χ3n) is 3.78. The van der Waals surface area contributed by atoms with Crippen LogP contribution in [-0.4, -0.2) is 38.3 Å². The first-order valence-corrected chi connectivity index (χ1v) is 10.1. The molecule has 0 aromatic heterocycles. The number of carbonyl (C=O) groups is 2. The van der Waals surface area contributed by atoms with Crippen molar-refractivity contribution in [2.45, 2.75) is 24.7 Å². The first kappa shape index (κ1) is 20.4. The van der Waals surface area contributed by atoms with Gasteiger partial charge in [0.1, 0.15) is 5.75 Å². The summed E-state index contributed by atoms with van der Waals surface area (Å²) in [5.74, 6) is -0.930. The van der Waals surface area contributed by atoms with Gasteiger partial charge < -0.3 is 15.2 Å². The van der Waals surface area contributed by atoms with Crippen LogP contribution < -0.4 is 10.1 Å². The number of amides is 1. The lowest BCUT2D eigenvalue weighted by atomic mass is 10.0. The predicted octanol–water partition coefficient (Wildman–Crippen LogP) is 2.93. The Labute approximate surface area is 157 Å². The van der Waals surface area contributed by atoms with E-state index in [-0.39, 0.29) is 22.8 Å². The van der Waals surface area contributed by atoms with Gasteiger partial charge in [-0.2, -0.15) is 0 Å². The van der Waals surface area contributed by atoms with Crippen molar-refractivity contribution in [2.75, 3.05) is 18.2 Å². The molecule has 2 aromatic rings. The molecule has 0 unspecified atom stereocenters. The van der Waals surface area contributed by atoms with Crippen LogP contribution >= 0.6 is 0 Å². The zero-order valence-electron chi connectivity index (χ0n) is 15.2. The fourth-order valence-corrected chi connectivity index (χ4v) is 2.99. The molecular weight excluding hydrogens is 370 g/mol. The Morgan fingerprint density at radius 2 is 1.74 bits per heavy atom. The molecule has 8 heteroatoms. The molecule has 0 aliphatic carbocycles. The third-order valence-corrected chi connectivity index (χ3v) is 4.87. The SMILES string of the molecule is CC(C)c1ccc(OCC(=O)Nc2cc(C(=O)O)cc(S(C)(=O)=O)c2)cc1. The number of rotatable bonds is 7. The molecule has 0 radical (unpaired) electrons. The van der Waals surface area contributed by atoms with E-state index in [2.05, 4.69) is 19.2 Å². The van der Waals surface area contributed by atoms with E-state index in [9.17, 15) is 18.0 Å². The van der Waals surface area contributed by atoms with Gasteiger partial charge >= 0.3 is 5.97 Å². The Morgan fingerprint density at radius 3 is 2.26 bits per heavy atom. The fourth-order valence-electron chi connectivity index (χ4n) is 2.30. The number of carbonyl (C=O) groups excluding carboxylic acids is 1. The molecule has 0 atom stereocenters. The minimum absolute atomic E-state index is 0.0686. The molecular formula is C19H21NO6S. The average Bonchev–Trinajstić information content (AvgIpc) is 2.59. The maximum atomic E-state index is 12.1. The van der Waals surface area contributed by atoms with Crippen molar-refractivity contribution in [2.24, 2.45) is 0 Å². The van der Waals surface area contributed by atoms with Crippen molar-refractivity contribution < 1.29 is 27.9 Å². The highest BCUT2D eigenvalue weighted by atomic mass is 32.2. The maximum absolute atomic E-state index is 12.1. The highest BCUT2D eigenvalue weighted by Gasteiger charge is 2.15. The van der Waals surface area contributed by atoms with Crippen LogP contribution in [0, 0.1) is 0 Å². The summed E-state index contributed by atoms with van der Waals surface area (Å²) < 4.78 is 28.8. The molecule has 144 valence electrons. The molecule has 1 amide bonds. The van der Waals surface area contributed by atoms with Gasteiger partial charge in [0.15, 0.2) is 16.4 Å². The Hall–Kier alpha value is -2.87. The van der Waals surface area contributed by atoms with Crippen molar-refractivity contribution in [3.63, 3.8) is 0 Å². The smallest absolute Gasteiger partial charge is 0.335 e. The van der Waals surface area contributed by atoms with Crippen molar-refractivity contribution in [1.82, 2.24) is 0 Å². The minimum atomic E-state index is -3.63. The van der Waals surface area contributed by atoms with E-state index >= 15 is 0 Å². The molecule has 0 saturated heterocycles. The molecule has 0 heterocycles. The molecule has 2 aromatic carbocycles. The largest absolute Gasteiger partial charge is 0.484 e. The second-order valence-corrected chi connectivity index (χ2v) is 8.40. The molecule has 0 aliphatic rings. The molecule has 0 aliphatic heterocycles. The Kier molecular flexibility index (Phi) is 6.22. The Bertz CT molecular complexity index is 949. The summed E-state index contributed by atoms with van der Waals surface area (Å²) in [6.07, 6.45) is 0.962. The zero-order valence-corrected chi connectivity index (χ0v) is 16.0. The van der Waals surface area contributed by atoms with Gasteiger partial charge in [-0.1, -0.05) is 26.0 Å². The van der Waals surface area contributed by atoms with E-state index in [1.165, 1.54) is 12.1 Å². The first-order chi connectivity index (χ1) is 12.6. The number of carboxylic acids is 1. The lowest BCUT2D eigenvalue weighted by Gasteiger charge is -2.11. The minimum Gasteiger partial charge on any atom is -0.484 e. The van der Waals surface area contributed by atoms with Gasteiger partial charge in [0.05, 0.1) is 10.5 Å². The normalized spacial score (nSPS) is 11.3. The molecule has 0 bridgehead atoms. The molecule has 0 fully saturated rings. The van der Waals surface area contributed by atoms with Crippen molar-refractivity contribution in [1.29, 1.82) is 0 Å². The molecule has 7 nitrogen and oxygen atoms in total. The van der Waals surface area contributed by atoms with Crippen LogP contribution in [-0.2, 0) is 14.6 Å². The van der Waals surface area contributed by atoms with Crippen molar-refractivity contribution in [3.8, 4) is 5.75 Å². The molecule has 27 heavy (non-hydrogen) atoms. The van der Waals surface area contributed by atoms with Crippen LogP contribution in [0.2, 0.25) is 0 Å². The lowest BCUT2D eigenvalue weighted by molar-refractivity contribution is -0.118. The summed E-state index contributed by atoms with van der Waals surface area (Å²) in [7, 11) is -3.63. The number of benzene rings is 2. The monoisotopic (exact) mass is 391 g/mol. The highest BCUT2D eigenvalue weighted by Crippen LogP contribution is 2.20. The summed E-state index contributed by atoms with van der Waals surface area (Å²) in [5, 5.41) is 11.6. The van der Waals surface area contributed by atoms with Crippen LogP contribution in [0.3, 0.4) is 0 Å². The van der Waals surface area contributed by atoms with E-state index in [0.717, 1.165) is 17.9 Å². The summed E-state index contributed by atoms with van der Waals surface area (Å²) in [6.45, 7) is 3.84.